The Bertz CT molecular complexity index is 212. The molecule has 0 aromatic rings. The van der Waals surface area contributed by atoms with E-state index >= 15 is 0 Å². The molecule has 1 atom stereocenters. The lowest BCUT2D eigenvalue weighted by Gasteiger charge is -2.15. The summed E-state index contributed by atoms with van der Waals surface area (Å²) in [7, 11) is 1.29. The highest BCUT2D eigenvalue weighted by Crippen LogP contribution is 1.92. The van der Waals surface area contributed by atoms with Crippen LogP contribution in [-0.2, 0) is 14.3 Å². The van der Waals surface area contributed by atoms with Crippen molar-refractivity contribution >= 4 is 11.9 Å². The van der Waals surface area contributed by atoms with Gasteiger partial charge in [0.1, 0.15) is 6.04 Å². The van der Waals surface area contributed by atoms with Gasteiger partial charge in [0.25, 0.3) is 5.91 Å². The molecule has 0 aliphatic carbocycles. The number of hydrogen-bond donors (Lipinski definition) is 2. The molecule has 0 spiro atoms. The quantitative estimate of drug-likeness (QED) is 0.464. The van der Waals surface area contributed by atoms with E-state index in [9.17, 15) is 9.59 Å². The number of carbonyl (C=O) groups is 2. The second kappa shape index (κ2) is 3.16. The maximum absolute atomic E-state index is 10.8. The van der Waals surface area contributed by atoms with Crippen LogP contribution in [0.4, 0.5) is 0 Å². The Hall–Kier alpha value is -1.36. The molecule has 1 heterocycles. The first-order chi connectivity index (χ1) is 5.24. The smallest absolute Gasteiger partial charge is 0.328 e. The number of nitrogens with one attached hydrogen (secondary N) is 2. The third-order valence-electron chi connectivity index (χ3n) is 1.25. The van der Waals surface area contributed by atoms with Crippen LogP contribution in [0.3, 0.4) is 0 Å². The largest absolute Gasteiger partial charge is 0.468 e. The molecule has 5 nitrogen and oxygen atoms in total. The van der Waals surface area contributed by atoms with E-state index in [1.54, 1.807) is 0 Å². The van der Waals surface area contributed by atoms with Gasteiger partial charge in [0.05, 0.1) is 7.11 Å². The van der Waals surface area contributed by atoms with Gasteiger partial charge in [0.15, 0.2) is 0 Å². The van der Waals surface area contributed by atoms with E-state index < -0.39 is 12.0 Å². The summed E-state index contributed by atoms with van der Waals surface area (Å²) >= 11 is 0. The van der Waals surface area contributed by atoms with Gasteiger partial charge in [-0.1, -0.05) is 0 Å². The number of esters is 1. The van der Waals surface area contributed by atoms with Gasteiger partial charge in [-0.05, 0) is 6.08 Å². The van der Waals surface area contributed by atoms with Gasteiger partial charge in [-0.25, -0.2) is 10.2 Å². The van der Waals surface area contributed by atoms with Crippen LogP contribution in [0.1, 0.15) is 0 Å². The zero-order valence-electron chi connectivity index (χ0n) is 5.96. The highest BCUT2D eigenvalue weighted by molar-refractivity contribution is 5.91. The van der Waals surface area contributed by atoms with Gasteiger partial charge in [-0.2, -0.15) is 0 Å². The van der Waals surface area contributed by atoms with Gasteiger partial charge in [0.2, 0.25) is 0 Å². The van der Waals surface area contributed by atoms with Crippen molar-refractivity contribution in [3.63, 3.8) is 0 Å². The first kappa shape index (κ1) is 7.74. The second-order valence-electron chi connectivity index (χ2n) is 1.99. The molecule has 0 radical (unpaired) electrons. The summed E-state index contributed by atoms with van der Waals surface area (Å²) in [6.07, 6.45) is 2.71. The number of methoxy groups -OCH3 is 1. The van der Waals surface area contributed by atoms with Crippen LogP contribution in [0.2, 0.25) is 0 Å². The molecule has 1 unspecified atom stereocenters. The number of carbonyl (C=O) groups excluding carboxylic acids is 2. The van der Waals surface area contributed by atoms with Crippen LogP contribution in [0.15, 0.2) is 12.2 Å². The van der Waals surface area contributed by atoms with E-state index in [4.69, 9.17) is 0 Å². The van der Waals surface area contributed by atoms with Crippen LogP contribution < -0.4 is 10.9 Å². The fraction of sp³-hybridized carbons (Fsp3) is 0.333. The van der Waals surface area contributed by atoms with Crippen LogP contribution in [-0.4, -0.2) is 25.0 Å². The van der Waals surface area contributed by atoms with Crippen molar-refractivity contribution in [3.05, 3.63) is 12.2 Å². The molecule has 0 aromatic carbocycles. The summed E-state index contributed by atoms with van der Waals surface area (Å²) in [6, 6.07) is -0.572. The normalized spacial score (nSPS) is 22.6. The van der Waals surface area contributed by atoms with Crippen molar-refractivity contribution < 1.29 is 14.3 Å². The lowest BCUT2D eigenvalue weighted by molar-refractivity contribution is -0.142. The number of hydrazine groups is 1. The fourth-order valence-corrected chi connectivity index (χ4v) is 0.687. The molecule has 0 aromatic heterocycles. The highest BCUT2D eigenvalue weighted by Gasteiger charge is 2.18. The first-order valence-corrected chi connectivity index (χ1v) is 3.05. The van der Waals surface area contributed by atoms with Crippen LogP contribution in [0, 0.1) is 0 Å². The summed E-state index contributed by atoms with van der Waals surface area (Å²) in [5.41, 5.74) is 4.73. The van der Waals surface area contributed by atoms with Crippen molar-refractivity contribution in [2.45, 2.75) is 6.04 Å². The topological polar surface area (TPSA) is 67.4 Å². The van der Waals surface area contributed by atoms with Crippen molar-refractivity contribution in [1.29, 1.82) is 0 Å². The zero-order valence-corrected chi connectivity index (χ0v) is 5.96. The van der Waals surface area contributed by atoms with Crippen LogP contribution in [0.25, 0.3) is 0 Å². The molecular formula is C6H8N2O3. The van der Waals surface area contributed by atoms with Crippen molar-refractivity contribution in [2.75, 3.05) is 7.11 Å². The van der Waals surface area contributed by atoms with E-state index in [2.05, 4.69) is 15.6 Å². The predicted molar refractivity (Wildman–Crippen MR) is 36.2 cm³/mol. The van der Waals surface area contributed by atoms with E-state index in [1.165, 1.54) is 19.3 Å². The summed E-state index contributed by atoms with van der Waals surface area (Å²) < 4.78 is 4.42. The standard InChI is InChI=1S/C6H8N2O3/c1-11-6(10)4-2-3-5(9)8-7-4/h2-4,7H,1H3,(H,8,9). The van der Waals surface area contributed by atoms with E-state index in [0.717, 1.165) is 0 Å². The van der Waals surface area contributed by atoms with E-state index in [-0.39, 0.29) is 5.91 Å². The maximum Gasteiger partial charge on any atom is 0.328 e. The molecule has 5 heteroatoms. The molecule has 0 saturated carbocycles. The molecule has 0 bridgehead atoms. The number of rotatable bonds is 1. The predicted octanol–water partition coefficient (Wildman–Crippen LogP) is -1.28. The molecular weight excluding hydrogens is 148 g/mol. The molecule has 1 amide bonds. The minimum atomic E-state index is -0.572. The van der Waals surface area contributed by atoms with Crippen LogP contribution in [0.5, 0.6) is 0 Å². The molecule has 1 rings (SSSR count). The lowest BCUT2D eigenvalue weighted by Crippen LogP contribution is -2.50. The molecule has 1 aliphatic rings. The average Bonchev–Trinajstić information content (AvgIpc) is 2.05. The van der Waals surface area contributed by atoms with Gasteiger partial charge in [-0.15, -0.1) is 0 Å². The summed E-state index contributed by atoms with van der Waals surface area (Å²) in [6.45, 7) is 0. The Morgan fingerprint density at radius 2 is 2.45 bits per heavy atom. The Kier molecular flexibility index (Phi) is 2.22. The average molecular weight is 156 g/mol. The summed E-state index contributed by atoms with van der Waals surface area (Å²) in [5, 5.41) is 0. The maximum atomic E-state index is 10.8. The monoisotopic (exact) mass is 156 g/mol. The molecule has 1 aliphatic heterocycles. The third-order valence-corrected chi connectivity index (χ3v) is 1.25. The Morgan fingerprint density at radius 1 is 1.73 bits per heavy atom. The lowest BCUT2D eigenvalue weighted by atomic mass is 10.2. The zero-order chi connectivity index (χ0) is 8.27. The first-order valence-electron chi connectivity index (χ1n) is 3.05. The Morgan fingerprint density at radius 3 is 2.91 bits per heavy atom. The van der Waals surface area contributed by atoms with E-state index in [1.807, 2.05) is 0 Å². The Balaban J connectivity index is 2.57. The SMILES string of the molecule is COC(=O)C1C=CC(=O)NN1. The molecule has 0 saturated heterocycles. The molecule has 11 heavy (non-hydrogen) atoms. The van der Waals surface area contributed by atoms with Crippen molar-refractivity contribution in [3.8, 4) is 0 Å². The fourth-order valence-electron chi connectivity index (χ4n) is 0.687. The van der Waals surface area contributed by atoms with Gasteiger partial charge < -0.3 is 4.74 Å². The number of amides is 1. The van der Waals surface area contributed by atoms with Crippen molar-refractivity contribution in [2.24, 2.45) is 0 Å². The molecule has 2 N–H and O–H groups in total. The minimum Gasteiger partial charge on any atom is -0.468 e. The summed E-state index contributed by atoms with van der Waals surface area (Å²) in [5.74, 6) is -0.702. The Labute approximate surface area is 63.4 Å². The van der Waals surface area contributed by atoms with Crippen molar-refractivity contribution in [1.82, 2.24) is 10.9 Å². The van der Waals surface area contributed by atoms with Gasteiger partial charge >= 0.3 is 5.97 Å². The second-order valence-corrected chi connectivity index (χ2v) is 1.99. The van der Waals surface area contributed by atoms with E-state index in [0.29, 0.717) is 0 Å². The third kappa shape index (κ3) is 1.78. The van der Waals surface area contributed by atoms with Gasteiger partial charge in [0, 0.05) is 6.08 Å². The number of ether oxygens (including phenoxy) is 1. The molecule has 0 fully saturated rings. The minimum absolute atomic E-state index is 0.273. The summed E-state index contributed by atoms with van der Waals surface area (Å²) in [4.78, 5) is 21.3. The van der Waals surface area contributed by atoms with Crippen LogP contribution >= 0.6 is 0 Å². The molecule has 60 valence electrons. The van der Waals surface area contributed by atoms with Gasteiger partial charge in [-0.3, -0.25) is 10.2 Å². The number of hydrogen-bond acceptors (Lipinski definition) is 4. The highest BCUT2D eigenvalue weighted by atomic mass is 16.5.